The molecule has 0 saturated heterocycles. The summed E-state index contributed by atoms with van der Waals surface area (Å²) >= 11 is 3.46. The van der Waals surface area contributed by atoms with Gasteiger partial charge in [-0.2, -0.15) is 0 Å². The molecule has 0 N–H and O–H groups in total. The SMILES string of the molecule is CC(=O)CC(c1cccc(Br)c1)C(C)C. The van der Waals surface area contributed by atoms with Gasteiger partial charge in [0.2, 0.25) is 0 Å². The van der Waals surface area contributed by atoms with E-state index in [1.165, 1.54) is 5.56 Å². The Labute approximate surface area is 100 Å². The number of carbonyl (C=O) groups excluding carboxylic acids is 1. The quantitative estimate of drug-likeness (QED) is 0.801. The predicted octanol–water partition coefficient (Wildman–Crippen LogP) is 4.17. The fourth-order valence-electron chi connectivity index (χ4n) is 1.79. The summed E-state index contributed by atoms with van der Waals surface area (Å²) in [5.41, 5.74) is 1.24. The van der Waals surface area contributed by atoms with E-state index in [0.717, 1.165) is 4.47 Å². The average molecular weight is 269 g/mol. The van der Waals surface area contributed by atoms with Gasteiger partial charge in [0.05, 0.1) is 0 Å². The number of halogens is 1. The fourth-order valence-corrected chi connectivity index (χ4v) is 2.20. The van der Waals surface area contributed by atoms with Gasteiger partial charge in [0, 0.05) is 10.9 Å². The minimum atomic E-state index is 0.258. The Morgan fingerprint density at radius 2 is 2.07 bits per heavy atom. The number of hydrogen-bond acceptors (Lipinski definition) is 1. The van der Waals surface area contributed by atoms with E-state index in [2.05, 4.69) is 41.9 Å². The highest BCUT2D eigenvalue weighted by atomic mass is 79.9. The van der Waals surface area contributed by atoms with Crippen molar-refractivity contribution in [2.75, 3.05) is 0 Å². The van der Waals surface area contributed by atoms with Crippen molar-refractivity contribution in [3.05, 3.63) is 34.3 Å². The minimum absolute atomic E-state index is 0.258. The van der Waals surface area contributed by atoms with Crippen LogP contribution in [0.25, 0.3) is 0 Å². The summed E-state index contributed by atoms with van der Waals surface area (Å²) in [5.74, 6) is 1.08. The normalized spacial score (nSPS) is 12.9. The molecule has 0 amide bonds. The van der Waals surface area contributed by atoms with E-state index in [1.54, 1.807) is 6.92 Å². The van der Waals surface area contributed by atoms with Gasteiger partial charge in [0.15, 0.2) is 0 Å². The van der Waals surface area contributed by atoms with E-state index >= 15 is 0 Å². The molecule has 0 fully saturated rings. The van der Waals surface area contributed by atoms with Crippen LogP contribution < -0.4 is 0 Å². The molecule has 0 aliphatic carbocycles. The van der Waals surface area contributed by atoms with Gasteiger partial charge in [-0.05, 0) is 36.5 Å². The maximum Gasteiger partial charge on any atom is 0.130 e. The lowest BCUT2D eigenvalue weighted by atomic mass is 9.85. The molecule has 1 aromatic carbocycles. The topological polar surface area (TPSA) is 17.1 Å². The molecular weight excluding hydrogens is 252 g/mol. The summed E-state index contributed by atoms with van der Waals surface area (Å²) in [6.07, 6.45) is 0.633. The van der Waals surface area contributed by atoms with Crippen LogP contribution in [0, 0.1) is 5.92 Å². The number of benzene rings is 1. The Hall–Kier alpha value is -0.630. The molecule has 0 aliphatic rings. The van der Waals surface area contributed by atoms with Crippen LogP contribution in [-0.2, 0) is 4.79 Å². The first kappa shape index (κ1) is 12.4. The van der Waals surface area contributed by atoms with Crippen molar-refractivity contribution in [3.63, 3.8) is 0 Å². The Balaban J connectivity index is 2.93. The minimum Gasteiger partial charge on any atom is -0.300 e. The summed E-state index contributed by atoms with van der Waals surface area (Å²) in [6.45, 7) is 5.98. The standard InChI is InChI=1S/C13H17BrO/c1-9(2)13(7-10(3)15)11-5-4-6-12(14)8-11/h4-6,8-9,13H,7H2,1-3H3. The molecule has 1 aromatic rings. The molecule has 0 radical (unpaired) electrons. The summed E-state index contributed by atoms with van der Waals surface area (Å²) in [6, 6.07) is 8.23. The smallest absolute Gasteiger partial charge is 0.130 e. The van der Waals surface area contributed by atoms with E-state index in [-0.39, 0.29) is 5.78 Å². The first-order chi connectivity index (χ1) is 7.00. The molecule has 0 bridgehead atoms. The molecule has 2 heteroatoms. The monoisotopic (exact) mass is 268 g/mol. The van der Waals surface area contributed by atoms with Crippen molar-refractivity contribution in [2.45, 2.75) is 33.1 Å². The molecule has 1 atom stereocenters. The third kappa shape index (κ3) is 3.78. The van der Waals surface area contributed by atoms with Gasteiger partial charge in [-0.1, -0.05) is 41.9 Å². The summed E-state index contributed by atoms with van der Waals surface area (Å²) in [4.78, 5) is 11.2. The number of Topliss-reactive ketones (excluding diaryl/α,β-unsaturated/α-hetero) is 1. The van der Waals surface area contributed by atoms with Crippen LogP contribution in [0.5, 0.6) is 0 Å². The maximum atomic E-state index is 11.2. The van der Waals surface area contributed by atoms with E-state index in [4.69, 9.17) is 0 Å². The number of carbonyl (C=O) groups is 1. The van der Waals surface area contributed by atoms with Crippen LogP contribution in [0.3, 0.4) is 0 Å². The Bertz CT molecular complexity index is 344. The average Bonchev–Trinajstić information content (AvgIpc) is 2.13. The largest absolute Gasteiger partial charge is 0.300 e. The molecule has 0 heterocycles. The van der Waals surface area contributed by atoms with Crippen molar-refractivity contribution >= 4 is 21.7 Å². The molecule has 1 nitrogen and oxygen atoms in total. The first-order valence-corrected chi connectivity index (χ1v) is 6.05. The van der Waals surface area contributed by atoms with Crippen LogP contribution in [0.4, 0.5) is 0 Å². The molecular formula is C13H17BrO. The van der Waals surface area contributed by atoms with Crippen LogP contribution in [-0.4, -0.2) is 5.78 Å². The van der Waals surface area contributed by atoms with Gasteiger partial charge < -0.3 is 4.79 Å². The summed E-state index contributed by atoms with van der Waals surface area (Å²) in [5, 5.41) is 0. The highest BCUT2D eigenvalue weighted by Gasteiger charge is 2.17. The molecule has 0 aliphatic heterocycles. The second-order valence-electron chi connectivity index (χ2n) is 4.31. The van der Waals surface area contributed by atoms with Gasteiger partial charge in [-0.3, -0.25) is 0 Å². The van der Waals surface area contributed by atoms with Gasteiger partial charge in [-0.15, -0.1) is 0 Å². The van der Waals surface area contributed by atoms with E-state index in [0.29, 0.717) is 18.3 Å². The van der Waals surface area contributed by atoms with Gasteiger partial charge in [0.1, 0.15) is 5.78 Å². The second kappa shape index (κ2) is 5.45. The second-order valence-corrected chi connectivity index (χ2v) is 5.23. The van der Waals surface area contributed by atoms with Gasteiger partial charge in [-0.25, -0.2) is 0 Å². The lowest BCUT2D eigenvalue weighted by Crippen LogP contribution is -2.10. The van der Waals surface area contributed by atoms with Crippen LogP contribution in [0.1, 0.15) is 38.7 Å². The molecule has 0 aromatic heterocycles. The number of ketones is 1. The van der Waals surface area contributed by atoms with Crippen LogP contribution >= 0.6 is 15.9 Å². The molecule has 1 unspecified atom stereocenters. The zero-order valence-electron chi connectivity index (χ0n) is 9.46. The first-order valence-electron chi connectivity index (χ1n) is 5.25. The predicted molar refractivity (Wildman–Crippen MR) is 67.0 cm³/mol. The maximum absolute atomic E-state index is 11.2. The van der Waals surface area contributed by atoms with Crippen LogP contribution in [0.2, 0.25) is 0 Å². The summed E-state index contributed by atoms with van der Waals surface area (Å²) < 4.78 is 1.08. The summed E-state index contributed by atoms with van der Waals surface area (Å²) in [7, 11) is 0. The Morgan fingerprint density at radius 1 is 1.40 bits per heavy atom. The van der Waals surface area contributed by atoms with Crippen molar-refractivity contribution in [3.8, 4) is 0 Å². The van der Waals surface area contributed by atoms with Crippen molar-refractivity contribution < 1.29 is 4.79 Å². The number of rotatable bonds is 4. The third-order valence-corrected chi connectivity index (χ3v) is 3.08. The van der Waals surface area contributed by atoms with Gasteiger partial charge in [0.25, 0.3) is 0 Å². The van der Waals surface area contributed by atoms with Crippen molar-refractivity contribution in [1.29, 1.82) is 0 Å². The fraction of sp³-hybridized carbons (Fsp3) is 0.462. The van der Waals surface area contributed by atoms with Crippen molar-refractivity contribution in [2.24, 2.45) is 5.92 Å². The van der Waals surface area contributed by atoms with E-state index < -0.39 is 0 Å². The van der Waals surface area contributed by atoms with E-state index in [1.807, 2.05) is 12.1 Å². The highest BCUT2D eigenvalue weighted by molar-refractivity contribution is 9.10. The van der Waals surface area contributed by atoms with Crippen molar-refractivity contribution in [1.82, 2.24) is 0 Å². The molecule has 82 valence electrons. The number of hydrogen-bond donors (Lipinski definition) is 0. The Morgan fingerprint density at radius 3 is 2.53 bits per heavy atom. The molecule has 1 rings (SSSR count). The molecule has 0 spiro atoms. The zero-order valence-corrected chi connectivity index (χ0v) is 11.0. The lowest BCUT2D eigenvalue weighted by Gasteiger charge is -2.20. The van der Waals surface area contributed by atoms with E-state index in [9.17, 15) is 4.79 Å². The van der Waals surface area contributed by atoms with Gasteiger partial charge >= 0.3 is 0 Å². The highest BCUT2D eigenvalue weighted by Crippen LogP contribution is 2.29. The lowest BCUT2D eigenvalue weighted by molar-refractivity contribution is -0.117. The molecule has 15 heavy (non-hydrogen) atoms. The van der Waals surface area contributed by atoms with Crippen LogP contribution in [0.15, 0.2) is 28.7 Å². The Kier molecular flexibility index (Phi) is 4.52. The molecule has 0 saturated carbocycles. The third-order valence-electron chi connectivity index (χ3n) is 2.59. The zero-order chi connectivity index (χ0) is 11.4.